The smallest absolute Gasteiger partial charge is 0.435 e. The molecule has 1 amide bonds. The number of nitrogens with zero attached hydrogens (tertiary/aromatic N) is 5. The Balaban J connectivity index is 1.41. The number of ether oxygens (including phenoxy) is 1. The van der Waals surface area contributed by atoms with Gasteiger partial charge in [-0.2, -0.15) is 13.2 Å². The predicted octanol–water partition coefficient (Wildman–Crippen LogP) is 3.26. The molecule has 0 atom stereocenters. The molecule has 3 aromatic rings. The zero-order valence-corrected chi connectivity index (χ0v) is 17.5. The third-order valence-electron chi connectivity index (χ3n) is 5.29. The van der Waals surface area contributed by atoms with Crippen molar-refractivity contribution < 1.29 is 27.1 Å². The minimum absolute atomic E-state index is 0.0430. The average Bonchev–Trinajstić information content (AvgIpc) is 3.26. The SMILES string of the molecule is O=C(c1nnn(-c2ccc(F)cc2)c1C(F)(F)F)N1CCN(CCOc2ccccc2)CC1. The van der Waals surface area contributed by atoms with Gasteiger partial charge in [0.15, 0.2) is 11.4 Å². The van der Waals surface area contributed by atoms with Crippen molar-refractivity contribution in [2.24, 2.45) is 0 Å². The van der Waals surface area contributed by atoms with Crippen molar-refractivity contribution in [1.29, 1.82) is 0 Å². The van der Waals surface area contributed by atoms with Crippen LogP contribution in [0.3, 0.4) is 0 Å². The van der Waals surface area contributed by atoms with Crippen LogP contribution >= 0.6 is 0 Å². The number of benzene rings is 2. The summed E-state index contributed by atoms with van der Waals surface area (Å²) in [7, 11) is 0. The molecule has 1 fully saturated rings. The maximum atomic E-state index is 13.8. The molecule has 4 rings (SSSR count). The molecule has 0 spiro atoms. The molecule has 174 valence electrons. The molecule has 1 aliphatic heterocycles. The quantitative estimate of drug-likeness (QED) is 0.526. The van der Waals surface area contributed by atoms with Crippen molar-refractivity contribution >= 4 is 5.91 Å². The standard InChI is InChI=1S/C22H21F4N5O2/c23-16-6-8-17(9-7-16)31-20(22(24,25)26)19(27-28-31)21(32)30-12-10-29(11-13-30)14-15-33-18-4-2-1-3-5-18/h1-9H,10-15H2. The van der Waals surface area contributed by atoms with Gasteiger partial charge >= 0.3 is 6.18 Å². The van der Waals surface area contributed by atoms with Gasteiger partial charge in [-0.25, -0.2) is 9.07 Å². The number of carbonyl (C=O) groups is 1. The Bertz CT molecular complexity index is 1080. The average molecular weight is 463 g/mol. The fourth-order valence-corrected chi connectivity index (χ4v) is 3.58. The number of alkyl halides is 3. The Kier molecular flexibility index (Phi) is 6.59. The molecule has 0 aliphatic carbocycles. The van der Waals surface area contributed by atoms with Crippen molar-refractivity contribution in [3.8, 4) is 11.4 Å². The fraction of sp³-hybridized carbons (Fsp3) is 0.318. The largest absolute Gasteiger partial charge is 0.492 e. The molecular weight excluding hydrogens is 442 g/mol. The van der Waals surface area contributed by atoms with E-state index in [0.717, 1.165) is 30.0 Å². The van der Waals surface area contributed by atoms with Crippen molar-refractivity contribution in [3.05, 3.63) is 71.8 Å². The van der Waals surface area contributed by atoms with Crippen molar-refractivity contribution in [3.63, 3.8) is 0 Å². The number of carbonyl (C=O) groups excluding carboxylic acids is 1. The summed E-state index contributed by atoms with van der Waals surface area (Å²) in [6, 6.07) is 13.7. The first-order valence-corrected chi connectivity index (χ1v) is 10.3. The van der Waals surface area contributed by atoms with Gasteiger partial charge in [-0.05, 0) is 36.4 Å². The number of para-hydroxylation sites is 1. The summed E-state index contributed by atoms with van der Waals surface area (Å²) in [6.07, 6.45) is -4.88. The lowest BCUT2D eigenvalue weighted by Gasteiger charge is -2.34. The van der Waals surface area contributed by atoms with Crippen LogP contribution < -0.4 is 4.74 Å². The normalized spacial score (nSPS) is 15.0. The number of amides is 1. The van der Waals surface area contributed by atoms with Gasteiger partial charge in [-0.15, -0.1) is 5.10 Å². The molecule has 0 unspecified atom stereocenters. The minimum atomic E-state index is -4.88. The van der Waals surface area contributed by atoms with E-state index < -0.39 is 29.3 Å². The number of hydrogen-bond donors (Lipinski definition) is 0. The van der Waals surface area contributed by atoms with Crippen molar-refractivity contribution in [2.75, 3.05) is 39.3 Å². The summed E-state index contributed by atoms with van der Waals surface area (Å²) in [5, 5.41) is 7.07. The third-order valence-corrected chi connectivity index (χ3v) is 5.29. The Morgan fingerprint density at radius 1 is 0.970 bits per heavy atom. The van der Waals surface area contributed by atoms with Gasteiger partial charge in [0.1, 0.15) is 18.2 Å². The summed E-state index contributed by atoms with van der Waals surface area (Å²) in [6.45, 7) is 2.60. The highest BCUT2D eigenvalue weighted by atomic mass is 19.4. The number of hydrogen-bond acceptors (Lipinski definition) is 5. The Labute approximate surface area is 187 Å². The van der Waals surface area contributed by atoms with E-state index in [1.807, 2.05) is 30.3 Å². The second-order valence-electron chi connectivity index (χ2n) is 7.47. The zero-order valence-electron chi connectivity index (χ0n) is 17.5. The number of halogens is 4. The summed E-state index contributed by atoms with van der Waals surface area (Å²) in [4.78, 5) is 16.3. The van der Waals surface area contributed by atoms with E-state index >= 15 is 0 Å². The second kappa shape index (κ2) is 9.57. The van der Waals surface area contributed by atoms with Gasteiger partial charge < -0.3 is 9.64 Å². The monoisotopic (exact) mass is 463 g/mol. The molecule has 0 radical (unpaired) electrons. The van der Waals surface area contributed by atoms with Gasteiger partial charge in [0.05, 0.1) is 5.69 Å². The van der Waals surface area contributed by atoms with Gasteiger partial charge in [0.2, 0.25) is 0 Å². The van der Waals surface area contributed by atoms with E-state index in [-0.39, 0.29) is 18.8 Å². The first kappa shape index (κ1) is 22.7. The van der Waals surface area contributed by atoms with Gasteiger partial charge in [-0.1, -0.05) is 23.4 Å². The molecule has 2 aromatic carbocycles. The van der Waals surface area contributed by atoms with E-state index in [2.05, 4.69) is 15.2 Å². The zero-order chi connectivity index (χ0) is 23.4. The van der Waals surface area contributed by atoms with Crippen LogP contribution in [-0.2, 0) is 6.18 Å². The third kappa shape index (κ3) is 5.30. The molecule has 1 aliphatic rings. The number of rotatable bonds is 6. The molecule has 1 saturated heterocycles. The highest BCUT2D eigenvalue weighted by Crippen LogP contribution is 2.33. The Hall–Kier alpha value is -3.47. The van der Waals surface area contributed by atoms with Crippen molar-refractivity contribution in [1.82, 2.24) is 24.8 Å². The number of piperazine rings is 1. The van der Waals surface area contributed by atoms with Crippen molar-refractivity contribution in [2.45, 2.75) is 6.18 Å². The lowest BCUT2D eigenvalue weighted by Crippen LogP contribution is -2.49. The Morgan fingerprint density at radius 3 is 2.27 bits per heavy atom. The molecule has 0 N–H and O–H groups in total. The van der Waals surface area contributed by atoms with Crippen LogP contribution in [0.1, 0.15) is 16.2 Å². The summed E-state index contributed by atoms with van der Waals surface area (Å²) in [5.74, 6) is -0.679. The summed E-state index contributed by atoms with van der Waals surface area (Å²) in [5.41, 5.74) is -2.09. The van der Waals surface area contributed by atoms with Crippen LogP contribution in [0.4, 0.5) is 17.6 Å². The van der Waals surface area contributed by atoms with Crippen LogP contribution in [0.25, 0.3) is 5.69 Å². The van der Waals surface area contributed by atoms with E-state index in [1.54, 1.807) is 0 Å². The lowest BCUT2D eigenvalue weighted by atomic mass is 10.2. The Morgan fingerprint density at radius 2 is 1.64 bits per heavy atom. The van der Waals surface area contributed by atoms with Crippen LogP contribution in [-0.4, -0.2) is 70.0 Å². The van der Waals surface area contributed by atoms with E-state index in [1.165, 1.54) is 4.90 Å². The van der Waals surface area contributed by atoms with Crippen LogP contribution in [0.5, 0.6) is 5.75 Å². The summed E-state index contributed by atoms with van der Waals surface area (Å²) >= 11 is 0. The minimum Gasteiger partial charge on any atom is -0.492 e. The summed E-state index contributed by atoms with van der Waals surface area (Å²) < 4.78 is 60.8. The van der Waals surface area contributed by atoms with Crippen LogP contribution in [0.2, 0.25) is 0 Å². The van der Waals surface area contributed by atoms with Crippen LogP contribution in [0, 0.1) is 5.82 Å². The molecule has 11 heteroatoms. The fourth-order valence-electron chi connectivity index (χ4n) is 3.58. The van der Waals surface area contributed by atoms with Crippen LogP contribution in [0.15, 0.2) is 54.6 Å². The molecule has 7 nitrogen and oxygen atoms in total. The maximum absolute atomic E-state index is 13.8. The maximum Gasteiger partial charge on any atom is 0.435 e. The molecule has 1 aromatic heterocycles. The first-order valence-electron chi connectivity index (χ1n) is 10.3. The van der Waals surface area contributed by atoms with Gasteiger partial charge in [0, 0.05) is 32.7 Å². The molecule has 33 heavy (non-hydrogen) atoms. The van der Waals surface area contributed by atoms with E-state index in [9.17, 15) is 22.4 Å². The lowest BCUT2D eigenvalue weighted by molar-refractivity contribution is -0.143. The highest BCUT2D eigenvalue weighted by molar-refractivity contribution is 5.93. The first-order chi connectivity index (χ1) is 15.8. The second-order valence-corrected chi connectivity index (χ2v) is 7.47. The molecule has 0 saturated carbocycles. The molecule has 2 heterocycles. The van der Waals surface area contributed by atoms with E-state index in [0.29, 0.717) is 30.9 Å². The van der Waals surface area contributed by atoms with Gasteiger partial charge in [0.25, 0.3) is 5.91 Å². The van der Waals surface area contributed by atoms with Gasteiger partial charge in [-0.3, -0.25) is 9.69 Å². The number of aromatic nitrogens is 3. The van der Waals surface area contributed by atoms with E-state index in [4.69, 9.17) is 4.74 Å². The molecular formula is C22H21F4N5O2. The topological polar surface area (TPSA) is 63.5 Å². The molecule has 0 bridgehead atoms. The highest BCUT2D eigenvalue weighted by Gasteiger charge is 2.43. The predicted molar refractivity (Wildman–Crippen MR) is 111 cm³/mol.